The van der Waals surface area contributed by atoms with Gasteiger partial charge in [0, 0.05) is 6.42 Å². The molecule has 0 saturated carbocycles. The third-order valence-electron chi connectivity index (χ3n) is 0.464. The van der Waals surface area contributed by atoms with Crippen molar-refractivity contribution in [2.45, 2.75) is 48.5 Å². The summed E-state index contributed by atoms with van der Waals surface area (Å²) >= 11 is 0. The number of carboxylic acids is 1. The largest absolute Gasteiger partial charge is 0.481 e. The van der Waals surface area contributed by atoms with E-state index in [0.717, 1.165) is 6.42 Å². The molecule has 0 rings (SSSR count). The predicted molar refractivity (Wildman–Crippen MR) is 47.4 cm³/mol. The molecule has 0 aliphatic carbocycles. The van der Waals surface area contributed by atoms with Crippen LogP contribution in [0.1, 0.15) is 48.5 Å². The molecule has 1 N–H and O–H groups in total. The maximum absolute atomic E-state index is 9.60. The van der Waals surface area contributed by atoms with Crippen molar-refractivity contribution in [3.05, 3.63) is 0 Å². The summed E-state index contributed by atoms with van der Waals surface area (Å²) in [5.41, 5.74) is 0. The molecule has 0 aliphatic heterocycles. The highest BCUT2D eigenvalue weighted by Crippen LogP contribution is 1.82. The monoisotopic (exact) mass is 150 g/mol. The van der Waals surface area contributed by atoms with Gasteiger partial charge in [-0.15, -0.1) is 0 Å². The van der Waals surface area contributed by atoms with E-state index in [9.17, 15) is 4.79 Å². The third kappa shape index (κ3) is 51.3. The number of aliphatic carboxylic acids is 1. The lowest BCUT2D eigenvalue weighted by atomic mass is 10.4. The van der Waals surface area contributed by atoms with Crippen LogP contribution in [0.4, 0.5) is 0 Å². The van der Waals surface area contributed by atoms with Crippen LogP contribution in [-0.2, 0) is 4.79 Å². The summed E-state index contributed by atoms with van der Waals surface area (Å²) in [4.78, 5) is 9.60. The van der Waals surface area contributed by atoms with E-state index >= 15 is 0 Å². The van der Waals surface area contributed by atoms with Gasteiger partial charge in [0.25, 0.3) is 0 Å². The number of hydrogen-bond donors (Lipinski definition) is 1. The molecule has 2 heteroatoms. The van der Waals surface area contributed by atoms with Crippen molar-refractivity contribution in [3.8, 4) is 0 Å². The Labute approximate surface area is 65.3 Å². The van der Waals surface area contributed by atoms with Crippen molar-refractivity contribution >= 4 is 5.97 Å². The first kappa shape index (κ1) is 22.7. The molecule has 0 radical (unpaired) electrons. The molecule has 0 aromatic heterocycles. The minimum Gasteiger partial charge on any atom is -0.481 e. The SMILES string of the molecule is C.C.CC.CCCC(=O)O. The summed E-state index contributed by atoms with van der Waals surface area (Å²) in [5, 5.41) is 7.91. The second-order valence-corrected chi connectivity index (χ2v) is 1.14. The van der Waals surface area contributed by atoms with Gasteiger partial charge in [-0.1, -0.05) is 35.6 Å². The maximum Gasteiger partial charge on any atom is 0.303 e. The quantitative estimate of drug-likeness (QED) is 0.656. The molecule has 0 saturated heterocycles. The van der Waals surface area contributed by atoms with E-state index in [0.29, 0.717) is 6.42 Å². The fourth-order valence-corrected chi connectivity index (χ4v) is 0.214. The highest BCUT2D eigenvalue weighted by Gasteiger charge is 1.87. The molecule has 0 amide bonds. The molecular weight excluding hydrogens is 128 g/mol. The average Bonchev–Trinajstić information content (AvgIpc) is 1.72. The number of carbonyl (C=O) groups is 1. The summed E-state index contributed by atoms with van der Waals surface area (Å²) < 4.78 is 0. The van der Waals surface area contributed by atoms with Crippen LogP contribution in [0.15, 0.2) is 0 Å². The van der Waals surface area contributed by atoms with Crippen LogP contribution >= 0.6 is 0 Å². The Kier molecular flexibility index (Phi) is 53.7. The van der Waals surface area contributed by atoms with Crippen molar-refractivity contribution in [2.24, 2.45) is 0 Å². The number of hydrogen-bond acceptors (Lipinski definition) is 1. The summed E-state index contributed by atoms with van der Waals surface area (Å²) in [6.07, 6.45) is 1.02. The zero-order valence-electron chi connectivity index (χ0n) is 5.77. The van der Waals surface area contributed by atoms with Gasteiger partial charge >= 0.3 is 5.97 Å². The summed E-state index contributed by atoms with van der Waals surface area (Å²) in [6.45, 7) is 5.84. The van der Waals surface area contributed by atoms with E-state index < -0.39 is 5.97 Å². The molecular formula is C8H22O2. The lowest BCUT2D eigenvalue weighted by molar-refractivity contribution is -0.137. The van der Waals surface area contributed by atoms with E-state index in [-0.39, 0.29) is 14.9 Å². The summed E-state index contributed by atoms with van der Waals surface area (Å²) in [7, 11) is 0. The fraction of sp³-hybridized carbons (Fsp3) is 0.875. The van der Waals surface area contributed by atoms with Gasteiger partial charge in [-0.3, -0.25) is 4.79 Å². The van der Waals surface area contributed by atoms with Gasteiger partial charge in [-0.2, -0.15) is 0 Å². The molecule has 10 heavy (non-hydrogen) atoms. The normalized spacial score (nSPS) is 5.50. The lowest BCUT2D eigenvalue weighted by Gasteiger charge is -1.79. The second-order valence-electron chi connectivity index (χ2n) is 1.14. The first-order valence-electron chi connectivity index (χ1n) is 2.99. The van der Waals surface area contributed by atoms with Gasteiger partial charge in [0.05, 0.1) is 0 Å². The smallest absolute Gasteiger partial charge is 0.303 e. The van der Waals surface area contributed by atoms with Crippen molar-refractivity contribution in [1.82, 2.24) is 0 Å². The van der Waals surface area contributed by atoms with Gasteiger partial charge in [0.1, 0.15) is 0 Å². The fourth-order valence-electron chi connectivity index (χ4n) is 0.214. The van der Waals surface area contributed by atoms with Crippen LogP contribution in [0.25, 0.3) is 0 Å². The molecule has 2 nitrogen and oxygen atoms in total. The van der Waals surface area contributed by atoms with Crippen molar-refractivity contribution in [3.63, 3.8) is 0 Å². The molecule has 66 valence electrons. The van der Waals surface area contributed by atoms with Crippen LogP contribution < -0.4 is 0 Å². The van der Waals surface area contributed by atoms with Gasteiger partial charge in [0.2, 0.25) is 0 Å². The van der Waals surface area contributed by atoms with E-state index in [1.165, 1.54) is 0 Å². The van der Waals surface area contributed by atoms with Gasteiger partial charge in [0.15, 0.2) is 0 Å². The van der Waals surface area contributed by atoms with E-state index in [1.54, 1.807) is 0 Å². The van der Waals surface area contributed by atoms with Crippen LogP contribution in [0, 0.1) is 0 Å². The Morgan fingerprint density at radius 3 is 1.60 bits per heavy atom. The van der Waals surface area contributed by atoms with Crippen molar-refractivity contribution in [2.75, 3.05) is 0 Å². The molecule has 0 aliphatic rings. The zero-order valence-corrected chi connectivity index (χ0v) is 5.77. The van der Waals surface area contributed by atoms with Crippen LogP contribution in [0.2, 0.25) is 0 Å². The molecule has 0 spiro atoms. The first-order valence-corrected chi connectivity index (χ1v) is 2.99. The minimum atomic E-state index is -0.711. The third-order valence-corrected chi connectivity index (χ3v) is 0.464. The Morgan fingerprint density at radius 1 is 1.30 bits per heavy atom. The number of carboxylic acid groups (broad SMARTS) is 1. The molecule has 0 heterocycles. The van der Waals surface area contributed by atoms with Gasteiger partial charge in [-0.25, -0.2) is 0 Å². The van der Waals surface area contributed by atoms with Gasteiger partial charge in [-0.05, 0) is 6.42 Å². The molecule has 0 aromatic rings. The first-order chi connectivity index (χ1) is 3.77. The maximum atomic E-state index is 9.60. The molecule has 0 fully saturated rings. The van der Waals surface area contributed by atoms with E-state index in [2.05, 4.69) is 0 Å². The Balaban J connectivity index is -0.0000000412. The van der Waals surface area contributed by atoms with Crippen LogP contribution in [0.5, 0.6) is 0 Å². The molecule has 0 unspecified atom stereocenters. The van der Waals surface area contributed by atoms with Crippen molar-refractivity contribution < 1.29 is 9.90 Å². The van der Waals surface area contributed by atoms with Crippen molar-refractivity contribution in [1.29, 1.82) is 0 Å². The molecule has 0 atom stereocenters. The van der Waals surface area contributed by atoms with Crippen LogP contribution in [0.3, 0.4) is 0 Å². The van der Waals surface area contributed by atoms with Gasteiger partial charge < -0.3 is 5.11 Å². The number of rotatable bonds is 2. The van der Waals surface area contributed by atoms with E-state index in [4.69, 9.17) is 5.11 Å². The average molecular weight is 150 g/mol. The molecule has 0 aromatic carbocycles. The lowest BCUT2D eigenvalue weighted by Crippen LogP contribution is -1.90. The summed E-state index contributed by atoms with van der Waals surface area (Å²) in [6, 6.07) is 0. The zero-order chi connectivity index (χ0) is 6.99. The minimum absolute atomic E-state index is 0. The summed E-state index contributed by atoms with van der Waals surface area (Å²) in [5.74, 6) is -0.711. The highest BCUT2D eigenvalue weighted by atomic mass is 16.4. The van der Waals surface area contributed by atoms with E-state index in [1.807, 2.05) is 20.8 Å². The molecule has 0 bridgehead atoms. The van der Waals surface area contributed by atoms with Crippen LogP contribution in [-0.4, -0.2) is 11.1 Å². The second kappa shape index (κ2) is 23.7. The standard InChI is InChI=1S/C4H8O2.C2H6.2CH4/c1-2-3-4(5)6;1-2;;/h2-3H2,1H3,(H,5,6);1-2H3;2*1H4. The Morgan fingerprint density at radius 2 is 1.60 bits per heavy atom. The Bertz CT molecular complexity index is 51.2. The Hall–Kier alpha value is -0.530. The predicted octanol–water partition coefficient (Wildman–Crippen LogP) is 3.17. The highest BCUT2D eigenvalue weighted by molar-refractivity contribution is 5.66. The topological polar surface area (TPSA) is 37.3 Å².